The molecular formula is C21H24F3O7P. The Morgan fingerprint density at radius 3 is 1.75 bits per heavy atom. The van der Waals surface area contributed by atoms with E-state index < -0.39 is 36.8 Å². The van der Waals surface area contributed by atoms with Crippen molar-refractivity contribution in [2.75, 3.05) is 14.2 Å². The SMILES string of the molecule is COP(=O)(OC)C(C)(C)OC(=O)[C@@H](C)Oc1ccc(Oc2ccc(C(F)(F)F)cc2)cc1. The summed E-state index contributed by atoms with van der Waals surface area (Å²) in [6.45, 7) is 4.26. The molecule has 0 amide bonds. The van der Waals surface area contributed by atoms with E-state index in [1.807, 2.05) is 0 Å². The van der Waals surface area contributed by atoms with Crippen LogP contribution in [0.3, 0.4) is 0 Å². The summed E-state index contributed by atoms with van der Waals surface area (Å²) in [4.78, 5) is 12.4. The summed E-state index contributed by atoms with van der Waals surface area (Å²) in [6.07, 6.45) is -5.47. The van der Waals surface area contributed by atoms with Crippen LogP contribution in [0.15, 0.2) is 48.5 Å². The van der Waals surface area contributed by atoms with Gasteiger partial charge in [0.1, 0.15) is 17.2 Å². The van der Waals surface area contributed by atoms with Crippen LogP contribution in [0, 0.1) is 0 Å². The third-order valence-electron chi connectivity index (χ3n) is 4.38. The van der Waals surface area contributed by atoms with Crippen molar-refractivity contribution in [2.45, 2.75) is 38.4 Å². The minimum Gasteiger partial charge on any atom is -0.479 e. The summed E-state index contributed by atoms with van der Waals surface area (Å²) < 4.78 is 76.5. The molecule has 0 unspecified atom stereocenters. The highest BCUT2D eigenvalue weighted by molar-refractivity contribution is 7.55. The van der Waals surface area contributed by atoms with E-state index in [-0.39, 0.29) is 5.75 Å². The Bertz CT molecular complexity index is 949. The van der Waals surface area contributed by atoms with Crippen molar-refractivity contribution in [3.8, 4) is 17.2 Å². The van der Waals surface area contributed by atoms with Crippen LogP contribution < -0.4 is 9.47 Å². The van der Waals surface area contributed by atoms with Gasteiger partial charge in [-0.2, -0.15) is 13.2 Å². The molecule has 2 aromatic carbocycles. The van der Waals surface area contributed by atoms with Gasteiger partial charge < -0.3 is 23.3 Å². The van der Waals surface area contributed by atoms with E-state index in [0.29, 0.717) is 11.5 Å². The Kier molecular flexibility index (Phi) is 7.98. The first-order chi connectivity index (χ1) is 14.8. The van der Waals surface area contributed by atoms with Gasteiger partial charge in [0, 0.05) is 14.2 Å². The molecule has 0 aromatic heterocycles. The Labute approximate surface area is 183 Å². The van der Waals surface area contributed by atoms with Crippen molar-refractivity contribution in [3.05, 3.63) is 54.1 Å². The molecule has 1 atom stereocenters. The van der Waals surface area contributed by atoms with Gasteiger partial charge in [0.2, 0.25) is 5.34 Å². The second-order valence-corrected chi connectivity index (χ2v) is 9.89. The third-order valence-corrected chi connectivity index (χ3v) is 6.75. The zero-order valence-corrected chi connectivity index (χ0v) is 19.0. The van der Waals surface area contributed by atoms with Gasteiger partial charge in [-0.1, -0.05) is 0 Å². The molecule has 2 rings (SSSR count). The summed E-state index contributed by atoms with van der Waals surface area (Å²) in [7, 11) is -1.31. The molecule has 11 heteroatoms. The maximum atomic E-state index is 12.6. The Morgan fingerprint density at radius 2 is 1.31 bits per heavy atom. The summed E-state index contributed by atoms with van der Waals surface area (Å²) in [6, 6.07) is 10.4. The van der Waals surface area contributed by atoms with E-state index in [1.54, 1.807) is 0 Å². The van der Waals surface area contributed by atoms with E-state index >= 15 is 0 Å². The zero-order valence-electron chi connectivity index (χ0n) is 18.1. The predicted octanol–water partition coefficient (Wildman–Crippen LogP) is 6.03. The maximum absolute atomic E-state index is 12.6. The number of halogens is 3. The van der Waals surface area contributed by atoms with Gasteiger partial charge in [0.25, 0.3) is 0 Å². The monoisotopic (exact) mass is 476 g/mol. The molecule has 0 spiro atoms. The van der Waals surface area contributed by atoms with E-state index in [4.69, 9.17) is 23.3 Å². The molecule has 0 bridgehead atoms. The number of rotatable bonds is 9. The summed E-state index contributed by atoms with van der Waals surface area (Å²) in [5.74, 6) is 0.115. The molecule has 7 nitrogen and oxygen atoms in total. The Morgan fingerprint density at radius 1 is 0.875 bits per heavy atom. The molecule has 0 heterocycles. The number of ether oxygens (including phenoxy) is 3. The third kappa shape index (κ3) is 6.25. The number of esters is 1. The second-order valence-electron chi connectivity index (χ2n) is 7.09. The molecule has 0 aliphatic rings. The van der Waals surface area contributed by atoms with Crippen molar-refractivity contribution in [2.24, 2.45) is 0 Å². The van der Waals surface area contributed by atoms with Crippen LogP contribution >= 0.6 is 7.60 Å². The highest BCUT2D eigenvalue weighted by Crippen LogP contribution is 2.59. The number of hydrogen-bond donors (Lipinski definition) is 0. The largest absolute Gasteiger partial charge is 0.479 e. The average molecular weight is 476 g/mol. The molecule has 0 fully saturated rings. The topological polar surface area (TPSA) is 80.3 Å². The van der Waals surface area contributed by atoms with Crippen LogP contribution in [0.25, 0.3) is 0 Å². The lowest BCUT2D eigenvalue weighted by molar-refractivity contribution is -0.159. The molecule has 0 aliphatic carbocycles. The van der Waals surface area contributed by atoms with Gasteiger partial charge in [-0.05, 0) is 69.3 Å². The van der Waals surface area contributed by atoms with Crippen molar-refractivity contribution in [1.82, 2.24) is 0 Å². The molecule has 2 aromatic rings. The Hall–Kier alpha value is -2.55. The quantitative estimate of drug-likeness (QED) is 0.323. The van der Waals surface area contributed by atoms with Crippen LogP contribution in [-0.2, 0) is 29.3 Å². The van der Waals surface area contributed by atoms with E-state index in [1.165, 1.54) is 71.4 Å². The van der Waals surface area contributed by atoms with E-state index in [0.717, 1.165) is 12.1 Å². The van der Waals surface area contributed by atoms with Crippen LogP contribution in [0.2, 0.25) is 0 Å². The molecule has 0 radical (unpaired) electrons. The number of carbonyl (C=O) groups excluding carboxylic acids is 1. The van der Waals surface area contributed by atoms with Crippen LogP contribution in [0.4, 0.5) is 13.2 Å². The number of benzene rings is 2. The lowest BCUT2D eigenvalue weighted by Gasteiger charge is -2.31. The summed E-state index contributed by atoms with van der Waals surface area (Å²) in [5.41, 5.74) is -0.773. The smallest absolute Gasteiger partial charge is 0.416 e. The van der Waals surface area contributed by atoms with Crippen molar-refractivity contribution in [1.29, 1.82) is 0 Å². The predicted molar refractivity (Wildman–Crippen MR) is 110 cm³/mol. The van der Waals surface area contributed by atoms with Crippen LogP contribution in [-0.4, -0.2) is 31.6 Å². The number of carbonyl (C=O) groups is 1. The summed E-state index contributed by atoms with van der Waals surface area (Å²) >= 11 is 0. The molecule has 0 saturated heterocycles. The van der Waals surface area contributed by atoms with Gasteiger partial charge in [0.05, 0.1) is 5.56 Å². The Balaban J connectivity index is 1.98. The minimum absolute atomic E-state index is 0.228. The van der Waals surface area contributed by atoms with Crippen LogP contribution in [0.5, 0.6) is 17.2 Å². The first-order valence-corrected chi connectivity index (χ1v) is 10.9. The van der Waals surface area contributed by atoms with E-state index in [2.05, 4.69) is 0 Å². The molecule has 0 N–H and O–H groups in total. The fourth-order valence-electron chi connectivity index (χ4n) is 2.59. The summed E-state index contributed by atoms with van der Waals surface area (Å²) in [5, 5.41) is -1.54. The molecule has 176 valence electrons. The van der Waals surface area contributed by atoms with Gasteiger partial charge >= 0.3 is 19.7 Å². The number of alkyl halides is 3. The van der Waals surface area contributed by atoms with Gasteiger partial charge in [-0.15, -0.1) is 0 Å². The van der Waals surface area contributed by atoms with Crippen molar-refractivity contribution < 1.29 is 45.8 Å². The normalized spacial score (nSPS) is 13.4. The molecule has 32 heavy (non-hydrogen) atoms. The lowest BCUT2D eigenvalue weighted by Crippen LogP contribution is -2.36. The van der Waals surface area contributed by atoms with Gasteiger partial charge in [-0.3, -0.25) is 4.57 Å². The van der Waals surface area contributed by atoms with Crippen molar-refractivity contribution in [3.63, 3.8) is 0 Å². The maximum Gasteiger partial charge on any atom is 0.416 e. The first kappa shape index (κ1) is 25.7. The van der Waals surface area contributed by atoms with E-state index in [9.17, 15) is 22.5 Å². The standard InChI is InChI=1S/C21H24F3O7P/c1-14(19(25)31-20(2,3)32(26,27-4)28-5)29-16-10-12-18(13-11-16)30-17-8-6-15(7-9-17)21(22,23)24/h6-14H,1-5H3/t14-/m1/s1. The number of hydrogen-bond acceptors (Lipinski definition) is 7. The lowest BCUT2D eigenvalue weighted by atomic mass is 10.2. The zero-order chi connectivity index (χ0) is 24.2. The minimum atomic E-state index is -4.42. The fourth-order valence-corrected chi connectivity index (χ4v) is 3.82. The molecule has 0 saturated carbocycles. The van der Waals surface area contributed by atoms with Gasteiger partial charge in [0.15, 0.2) is 6.10 Å². The van der Waals surface area contributed by atoms with Crippen molar-refractivity contribution >= 4 is 13.6 Å². The molecular weight excluding hydrogens is 452 g/mol. The van der Waals surface area contributed by atoms with Gasteiger partial charge in [-0.25, -0.2) is 4.79 Å². The first-order valence-electron chi connectivity index (χ1n) is 9.37. The fraction of sp³-hybridized carbons (Fsp3) is 0.381. The molecule has 0 aliphatic heterocycles. The van der Waals surface area contributed by atoms with Crippen LogP contribution in [0.1, 0.15) is 26.3 Å². The highest BCUT2D eigenvalue weighted by Gasteiger charge is 2.46. The average Bonchev–Trinajstić information content (AvgIpc) is 2.73. The second kappa shape index (κ2) is 9.94. The highest BCUT2D eigenvalue weighted by atomic mass is 31.2.